The summed E-state index contributed by atoms with van der Waals surface area (Å²) >= 11 is 0. The van der Waals surface area contributed by atoms with Crippen LogP contribution in [0.3, 0.4) is 0 Å². The number of ketones is 1. The summed E-state index contributed by atoms with van der Waals surface area (Å²) in [5.74, 6) is -1.55. The Bertz CT molecular complexity index is 691. The Morgan fingerprint density at radius 2 is 1.52 bits per heavy atom. The smallest absolute Gasteiger partial charge is 0.379 e. The number of esters is 1. The highest BCUT2D eigenvalue weighted by molar-refractivity contribution is 6.39. The molecule has 0 fully saturated rings. The number of benzene rings is 2. The maximum atomic E-state index is 12.1. The highest BCUT2D eigenvalue weighted by atomic mass is 16.5. The van der Waals surface area contributed by atoms with Crippen LogP contribution in [0.15, 0.2) is 66.7 Å². The monoisotopic (exact) mass is 309 g/mol. The standard InChI is InChI=1S/C19H19NO3/c1-14(2)23-19(22)18(21)13-17(15-9-5-3-6-10-15)20-16-11-7-4-8-12-16/h3-14,20H,1-2H3/b17-13-. The van der Waals surface area contributed by atoms with Gasteiger partial charge < -0.3 is 10.1 Å². The molecule has 0 atom stereocenters. The number of hydrogen-bond donors (Lipinski definition) is 1. The van der Waals surface area contributed by atoms with Crippen molar-refractivity contribution in [3.05, 3.63) is 72.3 Å². The van der Waals surface area contributed by atoms with Crippen LogP contribution in [0, 0.1) is 0 Å². The minimum Gasteiger partial charge on any atom is -0.457 e. The zero-order valence-electron chi connectivity index (χ0n) is 13.2. The van der Waals surface area contributed by atoms with Gasteiger partial charge in [0.15, 0.2) is 0 Å². The Kier molecular flexibility index (Phi) is 5.69. The van der Waals surface area contributed by atoms with Crippen molar-refractivity contribution in [3.8, 4) is 0 Å². The number of hydrogen-bond acceptors (Lipinski definition) is 4. The van der Waals surface area contributed by atoms with Gasteiger partial charge in [-0.25, -0.2) is 4.79 Å². The Hall–Kier alpha value is -2.88. The number of para-hydroxylation sites is 1. The van der Waals surface area contributed by atoms with Gasteiger partial charge in [0.05, 0.1) is 6.10 Å². The molecule has 0 aliphatic heterocycles. The van der Waals surface area contributed by atoms with E-state index < -0.39 is 11.8 Å². The summed E-state index contributed by atoms with van der Waals surface area (Å²) in [6.07, 6.45) is 0.939. The molecule has 118 valence electrons. The second-order valence-electron chi connectivity index (χ2n) is 5.23. The fourth-order valence-electron chi connectivity index (χ4n) is 1.95. The van der Waals surface area contributed by atoms with E-state index in [1.165, 1.54) is 6.08 Å². The third-order valence-corrected chi connectivity index (χ3v) is 2.96. The molecule has 0 aromatic heterocycles. The molecule has 2 aromatic rings. The van der Waals surface area contributed by atoms with Crippen LogP contribution in [0.1, 0.15) is 19.4 Å². The molecule has 0 saturated carbocycles. The van der Waals surface area contributed by atoms with Crippen molar-refractivity contribution in [2.45, 2.75) is 20.0 Å². The second kappa shape index (κ2) is 7.94. The predicted octanol–water partition coefficient (Wildman–Crippen LogP) is 3.66. The van der Waals surface area contributed by atoms with E-state index >= 15 is 0 Å². The molecule has 0 amide bonds. The fourth-order valence-corrected chi connectivity index (χ4v) is 1.95. The van der Waals surface area contributed by atoms with Crippen molar-refractivity contribution < 1.29 is 14.3 Å². The van der Waals surface area contributed by atoms with Crippen LogP contribution in [-0.2, 0) is 14.3 Å². The summed E-state index contributed by atoms with van der Waals surface area (Å²) in [6.45, 7) is 3.41. The number of carbonyl (C=O) groups excluding carboxylic acids is 2. The summed E-state index contributed by atoms with van der Waals surface area (Å²) < 4.78 is 4.94. The third-order valence-electron chi connectivity index (χ3n) is 2.96. The van der Waals surface area contributed by atoms with Gasteiger partial charge >= 0.3 is 5.97 Å². The van der Waals surface area contributed by atoms with Crippen LogP contribution >= 0.6 is 0 Å². The molecular formula is C19H19NO3. The molecule has 0 unspecified atom stereocenters. The van der Waals surface area contributed by atoms with E-state index in [2.05, 4.69) is 5.32 Å². The van der Waals surface area contributed by atoms with Crippen molar-refractivity contribution in [2.75, 3.05) is 5.32 Å². The molecule has 0 saturated heterocycles. The molecule has 0 aliphatic rings. The molecule has 0 spiro atoms. The first-order valence-electron chi connectivity index (χ1n) is 7.40. The van der Waals surface area contributed by atoms with Gasteiger partial charge in [-0.2, -0.15) is 0 Å². The lowest BCUT2D eigenvalue weighted by molar-refractivity contribution is -0.154. The predicted molar refractivity (Wildman–Crippen MR) is 90.7 cm³/mol. The first-order valence-corrected chi connectivity index (χ1v) is 7.40. The lowest BCUT2D eigenvalue weighted by atomic mass is 10.1. The van der Waals surface area contributed by atoms with Crippen LogP contribution in [0.2, 0.25) is 0 Å². The van der Waals surface area contributed by atoms with Gasteiger partial charge in [0, 0.05) is 17.5 Å². The van der Waals surface area contributed by atoms with Crippen molar-refractivity contribution in [1.29, 1.82) is 0 Å². The lowest BCUT2D eigenvalue weighted by Gasteiger charge is -2.12. The number of nitrogens with one attached hydrogen (secondary N) is 1. The Balaban J connectivity index is 2.28. The zero-order chi connectivity index (χ0) is 16.7. The average Bonchev–Trinajstić information content (AvgIpc) is 2.55. The van der Waals surface area contributed by atoms with Crippen LogP contribution in [0.5, 0.6) is 0 Å². The van der Waals surface area contributed by atoms with Gasteiger partial charge in [0.1, 0.15) is 0 Å². The first-order chi connectivity index (χ1) is 11.1. The van der Waals surface area contributed by atoms with E-state index in [0.717, 1.165) is 11.3 Å². The summed E-state index contributed by atoms with van der Waals surface area (Å²) in [4.78, 5) is 23.8. The molecule has 4 nitrogen and oxygen atoms in total. The summed E-state index contributed by atoms with van der Waals surface area (Å²) in [5, 5.41) is 3.17. The number of rotatable bonds is 6. The van der Waals surface area contributed by atoms with E-state index in [9.17, 15) is 9.59 Å². The molecule has 1 N–H and O–H groups in total. The van der Waals surface area contributed by atoms with Crippen LogP contribution in [0.25, 0.3) is 5.70 Å². The lowest BCUT2D eigenvalue weighted by Crippen LogP contribution is -2.20. The summed E-state index contributed by atoms with van der Waals surface area (Å²) in [7, 11) is 0. The van der Waals surface area contributed by atoms with Crippen LogP contribution in [0.4, 0.5) is 5.69 Å². The molecule has 4 heteroatoms. The van der Waals surface area contributed by atoms with Crippen molar-refractivity contribution in [3.63, 3.8) is 0 Å². The molecular weight excluding hydrogens is 290 g/mol. The Morgan fingerprint density at radius 3 is 2.09 bits per heavy atom. The molecule has 0 heterocycles. The molecule has 0 bridgehead atoms. The van der Waals surface area contributed by atoms with Crippen molar-refractivity contribution in [1.82, 2.24) is 0 Å². The SMILES string of the molecule is CC(C)OC(=O)C(=O)/C=C(\Nc1ccccc1)c1ccccc1. The van der Waals surface area contributed by atoms with Crippen molar-refractivity contribution >= 4 is 23.1 Å². The number of ether oxygens (including phenoxy) is 1. The van der Waals surface area contributed by atoms with Crippen molar-refractivity contribution in [2.24, 2.45) is 0 Å². The maximum absolute atomic E-state index is 12.1. The van der Waals surface area contributed by atoms with Gasteiger partial charge in [-0.3, -0.25) is 4.79 Å². The van der Waals surface area contributed by atoms with E-state index in [1.54, 1.807) is 13.8 Å². The van der Waals surface area contributed by atoms with E-state index in [4.69, 9.17) is 4.74 Å². The number of anilines is 1. The van der Waals surface area contributed by atoms with Gasteiger partial charge in [-0.15, -0.1) is 0 Å². The first kappa shape index (κ1) is 16.5. The largest absolute Gasteiger partial charge is 0.457 e. The minimum absolute atomic E-state index is 0.331. The van der Waals surface area contributed by atoms with Crippen LogP contribution in [-0.4, -0.2) is 17.9 Å². The maximum Gasteiger partial charge on any atom is 0.379 e. The number of carbonyl (C=O) groups is 2. The summed E-state index contributed by atoms with van der Waals surface area (Å²) in [5.41, 5.74) is 2.18. The van der Waals surface area contributed by atoms with Gasteiger partial charge in [0.2, 0.25) is 0 Å². The van der Waals surface area contributed by atoms with Crippen LogP contribution < -0.4 is 5.32 Å². The normalized spacial score (nSPS) is 11.2. The Labute approximate surface area is 135 Å². The molecule has 2 rings (SSSR count). The highest BCUT2D eigenvalue weighted by Crippen LogP contribution is 2.18. The van der Waals surface area contributed by atoms with E-state index in [0.29, 0.717) is 5.70 Å². The second-order valence-corrected chi connectivity index (χ2v) is 5.23. The molecule has 2 aromatic carbocycles. The quantitative estimate of drug-likeness (QED) is 0.502. The third kappa shape index (κ3) is 5.11. The Morgan fingerprint density at radius 1 is 0.957 bits per heavy atom. The summed E-state index contributed by atoms with van der Waals surface area (Å²) in [6, 6.07) is 18.8. The average molecular weight is 309 g/mol. The van der Waals surface area contributed by atoms with Gasteiger partial charge in [-0.05, 0) is 31.5 Å². The highest BCUT2D eigenvalue weighted by Gasteiger charge is 2.16. The van der Waals surface area contributed by atoms with E-state index in [-0.39, 0.29) is 6.10 Å². The minimum atomic E-state index is -0.858. The molecule has 23 heavy (non-hydrogen) atoms. The van der Waals surface area contributed by atoms with Gasteiger partial charge in [-0.1, -0.05) is 48.5 Å². The topological polar surface area (TPSA) is 55.4 Å². The fraction of sp³-hybridized carbons (Fsp3) is 0.158. The van der Waals surface area contributed by atoms with Gasteiger partial charge in [0.25, 0.3) is 5.78 Å². The zero-order valence-corrected chi connectivity index (χ0v) is 13.2. The van der Waals surface area contributed by atoms with E-state index in [1.807, 2.05) is 60.7 Å². The molecule has 0 radical (unpaired) electrons. The molecule has 0 aliphatic carbocycles.